The lowest BCUT2D eigenvalue weighted by Gasteiger charge is -2.04. The summed E-state index contributed by atoms with van der Waals surface area (Å²) < 4.78 is 0. The topological polar surface area (TPSA) is 40.9 Å². The van der Waals surface area contributed by atoms with E-state index in [0.717, 1.165) is 6.29 Å². The molecule has 2 nitrogen and oxygen atoms in total. The second-order valence-corrected chi connectivity index (χ2v) is 2.12. The number of rotatable bonds is 3. The Morgan fingerprint density at radius 2 is 2.00 bits per heavy atom. The van der Waals surface area contributed by atoms with Gasteiger partial charge in [0.1, 0.15) is 6.29 Å². The maximum absolute atomic E-state index is 10.0. The average Bonchev–Trinajstić information content (AvgIpc) is 1.69. The molecule has 2 heteroatoms. The van der Waals surface area contributed by atoms with Crippen LogP contribution in [0.2, 0.25) is 0 Å². The van der Waals surface area contributed by atoms with Gasteiger partial charge in [0.05, 0.1) is 5.92 Å². The molecule has 0 bridgehead atoms. The largest absolute Gasteiger partial charge is 0.312 e. The van der Waals surface area contributed by atoms with Crippen LogP contribution in [0, 0.1) is 17.2 Å². The first kappa shape index (κ1) is 7.34. The summed E-state index contributed by atoms with van der Waals surface area (Å²) in [5.74, 6) is 0.0833. The minimum atomic E-state index is -0.185. The zero-order valence-corrected chi connectivity index (χ0v) is 5.22. The fourth-order valence-electron chi connectivity index (χ4n) is 0.389. The average molecular weight is 113 g/mol. The van der Waals surface area contributed by atoms with Gasteiger partial charge in [-0.3, -0.25) is 0 Å². The Labute approximate surface area is 49.4 Å². The summed E-state index contributed by atoms with van der Waals surface area (Å²) in [7, 11) is 0. The molecule has 0 saturated heterocycles. The SMILES string of the molecule is CC(C)C(C=N)C=O. The number of nitrogens with one attached hydrogen (secondary N) is 1. The third kappa shape index (κ3) is 1.87. The van der Waals surface area contributed by atoms with Crippen LogP contribution in [0.4, 0.5) is 0 Å². The molecule has 0 saturated carbocycles. The van der Waals surface area contributed by atoms with Gasteiger partial charge in [-0.1, -0.05) is 13.8 Å². The van der Waals surface area contributed by atoms with Gasteiger partial charge in [-0.15, -0.1) is 0 Å². The molecule has 0 rings (SSSR count). The molecule has 0 amide bonds. The van der Waals surface area contributed by atoms with E-state index in [-0.39, 0.29) is 11.8 Å². The predicted molar refractivity (Wildman–Crippen MR) is 33.2 cm³/mol. The maximum Gasteiger partial charge on any atom is 0.128 e. The zero-order chi connectivity index (χ0) is 6.57. The Hall–Kier alpha value is -0.660. The van der Waals surface area contributed by atoms with Crippen molar-refractivity contribution in [1.82, 2.24) is 0 Å². The van der Waals surface area contributed by atoms with Gasteiger partial charge >= 0.3 is 0 Å². The molecule has 0 aliphatic carbocycles. The third-order valence-corrected chi connectivity index (χ3v) is 1.12. The van der Waals surface area contributed by atoms with E-state index in [9.17, 15) is 4.79 Å². The molecule has 0 aromatic rings. The highest BCUT2D eigenvalue weighted by molar-refractivity contribution is 5.78. The molecule has 0 aliphatic heterocycles. The quantitative estimate of drug-likeness (QED) is 0.432. The summed E-state index contributed by atoms with van der Waals surface area (Å²) in [6.45, 7) is 3.84. The van der Waals surface area contributed by atoms with E-state index in [1.807, 2.05) is 13.8 Å². The first-order valence-corrected chi connectivity index (χ1v) is 2.68. The molecule has 0 heterocycles. The normalized spacial score (nSPS) is 13.4. The van der Waals surface area contributed by atoms with Crippen molar-refractivity contribution in [2.45, 2.75) is 13.8 Å². The van der Waals surface area contributed by atoms with Gasteiger partial charge in [0.2, 0.25) is 0 Å². The van der Waals surface area contributed by atoms with Gasteiger partial charge in [0, 0.05) is 6.21 Å². The number of aldehydes is 1. The molecule has 1 unspecified atom stereocenters. The van der Waals surface area contributed by atoms with Crippen molar-refractivity contribution in [3.63, 3.8) is 0 Å². The van der Waals surface area contributed by atoms with E-state index in [4.69, 9.17) is 5.41 Å². The van der Waals surface area contributed by atoms with E-state index in [1.54, 1.807) is 0 Å². The highest BCUT2D eigenvalue weighted by Crippen LogP contribution is 2.02. The van der Waals surface area contributed by atoms with Crippen LogP contribution in [0.1, 0.15) is 13.8 Å². The molecular formula is C6H11NO. The Kier molecular flexibility index (Phi) is 3.08. The van der Waals surface area contributed by atoms with Crippen molar-refractivity contribution in [1.29, 1.82) is 5.41 Å². The number of hydrogen-bond acceptors (Lipinski definition) is 2. The molecule has 46 valence electrons. The van der Waals surface area contributed by atoms with E-state index >= 15 is 0 Å². The van der Waals surface area contributed by atoms with Gasteiger partial charge in [-0.25, -0.2) is 0 Å². The van der Waals surface area contributed by atoms with Crippen molar-refractivity contribution in [2.24, 2.45) is 11.8 Å². The fraction of sp³-hybridized carbons (Fsp3) is 0.667. The summed E-state index contributed by atoms with van der Waals surface area (Å²) in [5, 5.41) is 6.73. The maximum atomic E-state index is 10.0. The second-order valence-electron chi connectivity index (χ2n) is 2.12. The standard InChI is InChI=1S/C6H11NO/c1-5(2)6(3-7)4-8/h3-7H,1-2H3. The zero-order valence-electron chi connectivity index (χ0n) is 5.22. The molecule has 0 aliphatic rings. The Bertz CT molecular complexity index is 80.5. The van der Waals surface area contributed by atoms with Crippen LogP contribution < -0.4 is 0 Å². The van der Waals surface area contributed by atoms with E-state index in [0.29, 0.717) is 0 Å². The summed E-state index contributed by atoms with van der Waals surface area (Å²) in [6, 6.07) is 0. The van der Waals surface area contributed by atoms with Crippen LogP contribution >= 0.6 is 0 Å². The molecule has 0 aromatic heterocycles. The van der Waals surface area contributed by atoms with E-state index in [1.165, 1.54) is 6.21 Å². The van der Waals surface area contributed by atoms with Crippen molar-refractivity contribution in [3.8, 4) is 0 Å². The minimum absolute atomic E-state index is 0.185. The predicted octanol–water partition coefficient (Wildman–Crippen LogP) is 1.11. The molecular weight excluding hydrogens is 102 g/mol. The number of hydrogen-bond donors (Lipinski definition) is 1. The highest BCUT2D eigenvalue weighted by atomic mass is 16.1. The molecule has 0 spiro atoms. The Morgan fingerprint density at radius 3 is 2.00 bits per heavy atom. The molecule has 0 fully saturated rings. The Balaban J connectivity index is 3.68. The molecule has 1 N–H and O–H groups in total. The first-order chi connectivity index (χ1) is 3.72. The molecule has 0 radical (unpaired) electrons. The smallest absolute Gasteiger partial charge is 0.128 e. The molecule has 0 aromatic carbocycles. The van der Waals surface area contributed by atoms with Crippen LogP contribution in [0.25, 0.3) is 0 Å². The van der Waals surface area contributed by atoms with Crippen molar-refractivity contribution >= 4 is 12.5 Å². The van der Waals surface area contributed by atoms with Crippen LogP contribution in [-0.2, 0) is 4.79 Å². The number of carbonyl (C=O) groups excluding carboxylic acids is 1. The lowest BCUT2D eigenvalue weighted by Crippen LogP contribution is -2.10. The van der Waals surface area contributed by atoms with Crippen LogP contribution in [0.15, 0.2) is 0 Å². The van der Waals surface area contributed by atoms with Crippen molar-refractivity contribution < 1.29 is 4.79 Å². The lowest BCUT2D eigenvalue weighted by molar-refractivity contribution is -0.110. The van der Waals surface area contributed by atoms with E-state index < -0.39 is 0 Å². The summed E-state index contributed by atoms with van der Waals surface area (Å²) >= 11 is 0. The molecule has 8 heavy (non-hydrogen) atoms. The fourth-order valence-corrected chi connectivity index (χ4v) is 0.389. The monoisotopic (exact) mass is 113 g/mol. The first-order valence-electron chi connectivity index (χ1n) is 2.68. The highest BCUT2D eigenvalue weighted by Gasteiger charge is 2.06. The minimum Gasteiger partial charge on any atom is -0.312 e. The second kappa shape index (κ2) is 3.36. The van der Waals surface area contributed by atoms with Gasteiger partial charge in [-0.2, -0.15) is 0 Å². The number of carbonyl (C=O) groups is 1. The van der Waals surface area contributed by atoms with E-state index in [2.05, 4.69) is 0 Å². The van der Waals surface area contributed by atoms with Crippen LogP contribution in [0.5, 0.6) is 0 Å². The summed E-state index contributed by atoms with van der Waals surface area (Å²) in [6.07, 6.45) is 1.98. The van der Waals surface area contributed by atoms with Gasteiger partial charge in [0.15, 0.2) is 0 Å². The third-order valence-electron chi connectivity index (χ3n) is 1.12. The van der Waals surface area contributed by atoms with Gasteiger partial charge in [0.25, 0.3) is 0 Å². The summed E-state index contributed by atoms with van der Waals surface area (Å²) in [5.41, 5.74) is 0. The van der Waals surface area contributed by atoms with Crippen LogP contribution in [-0.4, -0.2) is 12.5 Å². The van der Waals surface area contributed by atoms with Crippen LogP contribution in [0.3, 0.4) is 0 Å². The van der Waals surface area contributed by atoms with Crippen molar-refractivity contribution in [3.05, 3.63) is 0 Å². The lowest BCUT2D eigenvalue weighted by atomic mass is 9.99. The Morgan fingerprint density at radius 1 is 1.50 bits per heavy atom. The van der Waals surface area contributed by atoms with Crippen molar-refractivity contribution in [2.75, 3.05) is 0 Å². The summed E-state index contributed by atoms with van der Waals surface area (Å²) in [4.78, 5) is 10.0. The molecule has 1 atom stereocenters. The van der Waals surface area contributed by atoms with Gasteiger partial charge < -0.3 is 10.2 Å². The van der Waals surface area contributed by atoms with Gasteiger partial charge in [-0.05, 0) is 5.92 Å².